The van der Waals surface area contributed by atoms with Crippen LogP contribution in [-0.2, 0) is 0 Å². The lowest BCUT2D eigenvalue weighted by Gasteiger charge is -2.33. The zero-order valence-electron chi connectivity index (χ0n) is 16.4. The fraction of sp³-hybridized carbons (Fsp3) is 0.450. The second-order valence-corrected chi connectivity index (χ2v) is 7.07. The number of benzene rings is 1. The lowest BCUT2D eigenvalue weighted by molar-refractivity contribution is 0.102. The zero-order valence-corrected chi connectivity index (χ0v) is 16.4. The van der Waals surface area contributed by atoms with Gasteiger partial charge >= 0.3 is 0 Å². The van der Waals surface area contributed by atoms with Crippen molar-refractivity contribution in [1.82, 2.24) is 14.9 Å². The van der Waals surface area contributed by atoms with Crippen LogP contribution >= 0.6 is 0 Å². The van der Waals surface area contributed by atoms with Crippen LogP contribution in [-0.4, -0.2) is 60.1 Å². The molecule has 2 aromatic rings. The van der Waals surface area contributed by atoms with Crippen LogP contribution in [0.4, 0.5) is 11.5 Å². The van der Waals surface area contributed by atoms with E-state index in [1.54, 1.807) is 6.07 Å². The molecule has 0 atom stereocenters. The monoisotopic (exact) mass is 369 g/mol. The van der Waals surface area contributed by atoms with E-state index in [2.05, 4.69) is 32.1 Å². The maximum atomic E-state index is 12.8. The van der Waals surface area contributed by atoms with E-state index in [9.17, 15) is 4.79 Å². The highest BCUT2D eigenvalue weighted by molar-refractivity contribution is 6.04. The fourth-order valence-corrected chi connectivity index (χ4v) is 2.98. The number of amides is 1. The molecule has 7 nitrogen and oxygen atoms in total. The molecular weight excluding hydrogens is 342 g/mol. The van der Waals surface area contributed by atoms with Crippen LogP contribution in [0.3, 0.4) is 0 Å². The predicted molar refractivity (Wildman–Crippen MR) is 107 cm³/mol. The summed E-state index contributed by atoms with van der Waals surface area (Å²) in [4.78, 5) is 26.1. The topological polar surface area (TPSA) is 70.6 Å². The van der Waals surface area contributed by atoms with Crippen molar-refractivity contribution in [3.63, 3.8) is 0 Å². The van der Waals surface area contributed by atoms with E-state index in [4.69, 9.17) is 4.74 Å². The summed E-state index contributed by atoms with van der Waals surface area (Å²) in [5.41, 5.74) is 0.990. The highest BCUT2D eigenvalue weighted by Gasteiger charge is 2.19. The smallest absolute Gasteiger partial charge is 0.274 e. The first-order chi connectivity index (χ1) is 12.9. The molecule has 1 aromatic carbocycles. The average molecular weight is 369 g/mol. The molecule has 144 valence electrons. The zero-order chi connectivity index (χ0) is 19.4. The normalized spacial score (nSPS) is 15.1. The minimum absolute atomic E-state index is 0.0215. The number of carbonyl (C=O) groups is 1. The summed E-state index contributed by atoms with van der Waals surface area (Å²) in [6.07, 6.45) is 0.0215. The van der Waals surface area contributed by atoms with Crippen molar-refractivity contribution in [1.29, 1.82) is 0 Å². The summed E-state index contributed by atoms with van der Waals surface area (Å²) in [5.74, 6) is 1.76. The standard InChI is InChI=1S/C20H27N5O2/c1-14(2)27-18-8-6-5-7-16(18)23-20(26)17-13-19(22-15(3)21-17)25-11-9-24(4)10-12-25/h5-8,13-14H,9-12H2,1-4H3,(H,23,26). The number of nitrogens with one attached hydrogen (secondary N) is 1. The van der Waals surface area contributed by atoms with Crippen LogP contribution in [0.2, 0.25) is 0 Å². The number of rotatable bonds is 5. The first-order valence-electron chi connectivity index (χ1n) is 9.28. The van der Waals surface area contributed by atoms with Gasteiger partial charge in [-0.1, -0.05) is 12.1 Å². The van der Waals surface area contributed by atoms with E-state index in [1.165, 1.54) is 0 Å². The van der Waals surface area contributed by atoms with Gasteiger partial charge < -0.3 is 19.9 Å². The Balaban J connectivity index is 1.79. The van der Waals surface area contributed by atoms with E-state index in [-0.39, 0.29) is 12.0 Å². The quantitative estimate of drug-likeness (QED) is 0.874. The van der Waals surface area contributed by atoms with Gasteiger partial charge in [-0.25, -0.2) is 9.97 Å². The molecule has 1 saturated heterocycles. The molecule has 1 aliphatic rings. The Bertz CT molecular complexity index is 801. The predicted octanol–water partition coefficient (Wildman–Crippen LogP) is 2.58. The Morgan fingerprint density at radius 3 is 2.56 bits per heavy atom. The third-order valence-corrected chi connectivity index (χ3v) is 4.38. The third kappa shape index (κ3) is 4.95. The highest BCUT2D eigenvalue weighted by Crippen LogP contribution is 2.25. The Morgan fingerprint density at radius 1 is 1.15 bits per heavy atom. The minimum Gasteiger partial charge on any atom is -0.489 e. The molecule has 1 amide bonds. The van der Waals surface area contributed by atoms with Gasteiger partial charge in [-0.2, -0.15) is 0 Å². The molecule has 0 radical (unpaired) electrons. The first kappa shape index (κ1) is 19.1. The Hall–Kier alpha value is -2.67. The van der Waals surface area contributed by atoms with E-state index < -0.39 is 0 Å². The van der Waals surface area contributed by atoms with E-state index in [0.29, 0.717) is 23.0 Å². The summed E-state index contributed by atoms with van der Waals surface area (Å²) in [6, 6.07) is 9.18. The fourth-order valence-electron chi connectivity index (χ4n) is 2.98. The number of ether oxygens (including phenoxy) is 1. The lowest BCUT2D eigenvalue weighted by atomic mass is 10.2. The summed E-state index contributed by atoms with van der Waals surface area (Å²) in [5, 5.41) is 2.92. The van der Waals surface area contributed by atoms with Gasteiger partial charge in [0.2, 0.25) is 0 Å². The van der Waals surface area contributed by atoms with Crippen molar-refractivity contribution in [3.8, 4) is 5.75 Å². The summed E-state index contributed by atoms with van der Waals surface area (Å²) < 4.78 is 5.77. The molecule has 0 saturated carbocycles. The van der Waals surface area contributed by atoms with Gasteiger partial charge in [0.1, 0.15) is 23.1 Å². The van der Waals surface area contributed by atoms with Crippen molar-refractivity contribution in [2.45, 2.75) is 26.9 Å². The maximum absolute atomic E-state index is 12.8. The molecule has 0 unspecified atom stereocenters. The molecule has 0 bridgehead atoms. The average Bonchev–Trinajstić information content (AvgIpc) is 2.63. The van der Waals surface area contributed by atoms with Crippen LogP contribution in [0.1, 0.15) is 30.2 Å². The van der Waals surface area contributed by atoms with E-state index in [0.717, 1.165) is 32.0 Å². The third-order valence-electron chi connectivity index (χ3n) is 4.38. The minimum atomic E-state index is -0.268. The van der Waals surface area contributed by atoms with Gasteiger partial charge in [0.15, 0.2) is 0 Å². The van der Waals surface area contributed by atoms with Crippen LogP contribution in [0.25, 0.3) is 0 Å². The van der Waals surface area contributed by atoms with Crippen molar-refractivity contribution in [2.75, 3.05) is 43.4 Å². The van der Waals surface area contributed by atoms with Crippen LogP contribution in [0.15, 0.2) is 30.3 Å². The summed E-state index contributed by atoms with van der Waals surface area (Å²) >= 11 is 0. The molecule has 7 heteroatoms. The first-order valence-corrected chi connectivity index (χ1v) is 9.28. The van der Waals surface area contributed by atoms with Crippen LogP contribution in [0.5, 0.6) is 5.75 Å². The lowest BCUT2D eigenvalue weighted by Crippen LogP contribution is -2.45. The Labute approximate surface area is 160 Å². The number of aryl methyl sites for hydroxylation is 1. The summed E-state index contributed by atoms with van der Waals surface area (Å²) in [6.45, 7) is 9.45. The molecule has 3 rings (SSSR count). The Kier molecular flexibility index (Phi) is 5.91. The number of piperazine rings is 1. The molecule has 0 spiro atoms. The highest BCUT2D eigenvalue weighted by atomic mass is 16.5. The van der Waals surface area contributed by atoms with Crippen LogP contribution < -0.4 is 15.0 Å². The number of likely N-dealkylation sites (N-methyl/N-ethyl adjacent to an activating group) is 1. The Morgan fingerprint density at radius 2 is 1.85 bits per heavy atom. The molecule has 1 aromatic heterocycles. The van der Waals surface area contributed by atoms with Gasteiger partial charge in [-0.3, -0.25) is 4.79 Å². The van der Waals surface area contributed by atoms with Gasteiger partial charge in [0.05, 0.1) is 11.8 Å². The molecule has 1 aliphatic heterocycles. The number of carbonyl (C=O) groups excluding carboxylic acids is 1. The van der Waals surface area contributed by atoms with Gasteiger partial charge in [0.25, 0.3) is 5.91 Å². The van der Waals surface area contributed by atoms with Gasteiger partial charge in [-0.15, -0.1) is 0 Å². The van der Waals surface area contributed by atoms with E-state index in [1.807, 2.05) is 45.0 Å². The number of aromatic nitrogens is 2. The van der Waals surface area contributed by atoms with Crippen molar-refractivity contribution in [3.05, 3.63) is 41.9 Å². The van der Waals surface area contributed by atoms with Gasteiger partial charge in [0, 0.05) is 32.2 Å². The summed E-state index contributed by atoms with van der Waals surface area (Å²) in [7, 11) is 2.11. The maximum Gasteiger partial charge on any atom is 0.274 e. The number of anilines is 2. The molecule has 0 aliphatic carbocycles. The molecule has 27 heavy (non-hydrogen) atoms. The molecular formula is C20H27N5O2. The van der Waals surface area contributed by atoms with Crippen molar-refractivity contribution in [2.24, 2.45) is 0 Å². The second-order valence-electron chi connectivity index (χ2n) is 7.07. The van der Waals surface area contributed by atoms with Crippen LogP contribution in [0, 0.1) is 6.92 Å². The van der Waals surface area contributed by atoms with Gasteiger partial charge in [-0.05, 0) is 40.0 Å². The van der Waals surface area contributed by atoms with Crippen molar-refractivity contribution < 1.29 is 9.53 Å². The SMILES string of the molecule is Cc1nc(C(=O)Nc2ccccc2OC(C)C)cc(N2CCN(C)CC2)n1. The second kappa shape index (κ2) is 8.35. The molecule has 2 heterocycles. The number of hydrogen-bond acceptors (Lipinski definition) is 6. The van der Waals surface area contributed by atoms with Crippen molar-refractivity contribution >= 4 is 17.4 Å². The van der Waals surface area contributed by atoms with E-state index >= 15 is 0 Å². The number of hydrogen-bond donors (Lipinski definition) is 1. The number of nitrogens with zero attached hydrogens (tertiary/aromatic N) is 4. The molecule has 1 fully saturated rings. The molecule has 1 N–H and O–H groups in total. The largest absolute Gasteiger partial charge is 0.489 e. The number of para-hydroxylation sites is 2.